The molecule has 0 bridgehead atoms. The van der Waals surface area contributed by atoms with E-state index in [0.29, 0.717) is 34.3 Å². The largest absolute Gasteiger partial charge is 0.429 e. The van der Waals surface area contributed by atoms with Crippen LogP contribution >= 0.6 is 0 Å². The number of amides is 1. The van der Waals surface area contributed by atoms with Crippen molar-refractivity contribution in [1.82, 2.24) is 9.97 Å². The Kier molecular flexibility index (Phi) is 3.50. The molecule has 9 heteroatoms. The quantitative estimate of drug-likeness (QED) is 0.813. The van der Waals surface area contributed by atoms with Crippen LogP contribution in [-0.2, 0) is 4.79 Å². The second-order valence-corrected chi connectivity index (χ2v) is 6.41. The zero-order valence-electron chi connectivity index (χ0n) is 14.4. The summed E-state index contributed by atoms with van der Waals surface area (Å²) >= 11 is 0. The average molecular weight is 361 g/mol. The number of hydrogen-bond acceptors (Lipinski definition) is 6. The number of benzene rings is 1. The molecule has 2 aromatic rings. The maximum atomic E-state index is 13.3. The number of fused-ring (bicyclic) bond motifs is 2. The molecule has 0 spiro atoms. The first kappa shape index (κ1) is 16.5. The van der Waals surface area contributed by atoms with Crippen LogP contribution in [-0.4, -0.2) is 41.6 Å². The number of alkyl halides is 2. The molecule has 2 N–H and O–H groups in total. The molecule has 3 heterocycles. The monoisotopic (exact) mass is 361 g/mol. The molecule has 2 aliphatic rings. The molecular formula is C17H17F2N5O2. The third-order valence-corrected chi connectivity index (χ3v) is 4.60. The predicted molar refractivity (Wildman–Crippen MR) is 92.8 cm³/mol. The van der Waals surface area contributed by atoms with E-state index in [1.165, 1.54) is 6.07 Å². The molecule has 0 fully saturated rings. The van der Waals surface area contributed by atoms with E-state index in [9.17, 15) is 13.6 Å². The molecule has 7 nitrogen and oxygen atoms in total. The highest BCUT2D eigenvalue weighted by Crippen LogP contribution is 2.38. The highest BCUT2D eigenvalue weighted by Gasteiger charge is 2.36. The van der Waals surface area contributed by atoms with Crippen LogP contribution in [0.15, 0.2) is 18.2 Å². The Bertz CT molecular complexity index is 918. The van der Waals surface area contributed by atoms with Gasteiger partial charge in [0.25, 0.3) is 0 Å². The summed E-state index contributed by atoms with van der Waals surface area (Å²) in [4.78, 5) is 22.8. The van der Waals surface area contributed by atoms with E-state index in [1.807, 2.05) is 0 Å². The molecule has 0 saturated carbocycles. The van der Waals surface area contributed by atoms with Crippen molar-refractivity contribution in [2.24, 2.45) is 0 Å². The number of nitrogens with one attached hydrogen (secondary N) is 2. The van der Waals surface area contributed by atoms with Crippen LogP contribution in [0.5, 0.6) is 5.75 Å². The molecule has 136 valence electrons. The van der Waals surface area contributed by atoms with Crippen molar-refractivity contribution in [3.05, 3.63) is 23.9 Å². The Morgan fingerprint density at radius 2 is 2.12 bits per heavy atom. The first-order valence-corrected chi connectivity index (χ1v) is 8.12. The van der Waals surface area contributed by atoms with Gasteiger partial charge in [-0.05, 0) is 32.0 Å². The van der Waals surface area contributed by atoms with Gasteiger partial charge in [-0.15, -0.1) is 0 Å². The predicted octanol–water partition coefficient (Wildman–Crippen LogP) is 2.63. The molecule has 0 aliphatic carbocycles. The average Bonchev–Trinajstić information content (AvgIpc) is 2.59. The van der Waals surface area contributed by atoms with Crippen molar-refractivity contribution in [2.75, 3.05) is 29.1 Å². The normalized spacial score (nSPS) is 20.4. The van der Waals surface area contributed by atoms with Gasteiger partial charge >= 0.3 is 6.11 Å². The molecule has 1 amide bonds. The van der Waals surface area contributed by atoms with Gasteiger partial charge in [-0.25, -0.2) is 9.97 Å². The van der Waals surface area contributed by atoms with Gasteiger partial charge in [0.15, 0.2) is 11.6 Å². The summed E-state index contributed by atoms with van der Waals surface area (Å²) in [7, 11) is 1.79. The summed E-state index contributed by atoms with van der Waals surface area (Å²) in [5.41, 5.74) is 2.33. The molecule has 0 saturated heterocycles. The lowest BCUT2D eigenvalue weighted by molar-refractivity contribution is -0.166. The number of aryl methyl sites for hydroxylation is 1. The van der Waals surface area contributed by atoms with Crippen LogP contribution in [0, 0.1) is 6.92 Å². The lowest BCUT2D eigenvalue weighted by atomic mass is 10.1. The first-order valence-electron chi connectivity index (χ1n) is 8.12. The highest BCUT2D eigenvalue weighted by atomic mass is 19.3. The van der Waals surface area contributed by atoms with Gasteiger partial charge in [-0.1, -0.05) is 0 Å². The van der Waals surface area contributed by atoms with E-state index in [-0.39, 0.29) is 17.7 Å². The number of halogens is 2. The zero-order chi connectivity index (χ0) is 18.6. The van der Waals surface area contributed by atoms with Crippen LogP contribution in [0.4, 0.5) is 26.0 Å². The van der Waals surface area contributed by atoms with E-state index >= 15 is 0 Å². The Morgan fingerprint density at radius 1 is 1.35 bits per heavy atom. The van der Waals surface area contributed by atoms with Crippen LogP contribution in [0.25, 0.3) is 11.4 Å². The van der Waals surface area contributed by atoms with Gasteiger partial charge in [-0.2, -0.15) is 8.78 Å². The lowest BCUT2D eigenvalue weighted by Gasteiger charge is -2.32. The summed E-state index contributed by atoms with van der Waals surface area (Å²) in [6.07, 6.45) is -3.23. The van der Waals surface area contributed by atoms with Gasteiger partial charge < -0.3 is 20.3 Å². The Hall–Kier alpha value is -2.97. The fraction of sp³-hybridized carbons (Fsp3) is 0.353. The summed E-state index contributed by atoms with van der Waals surface area (Å²) in [5, 5.41) is 5.49. The molecular weight excluding hydrogens is 344 g/mol. The second kappa shape index (κ2) is 5.52. The number of carbonyl (C=O) groups is 1. The molecule has 4 rings (SSSR count). The van der Waals surface area contributed by atoms with Gasteiger partial charge in [0, 0.05) is 12.6 Å². The number of carbonyl (C=O) groups excluding carboxylic acids is 1. The number of anilines is 3. The van der Waals surface area contributed by atoms with Crippen molar-refractivity contribution >= 4 is 23.1 Å². The van der Waals surface area contributed by atoms with Crippen LogP contribution in [0.2, 0.25) is 0 Å². The molecule has 1 aromatic carbocycles. The van der Waals surface area contributed by atoms with Gasteiger partial charge in [-0.3, -0.25) is 4.79 Å². The maximum Gasteiger partial charge on any atom is 0.415 e. The topological polar surface area (TPSA) is 79.4 Å². The van der Waals surface area contributed by atoms with Crippen molar-refractivity contribution < 1.29 is 18.3 Å². The SMILES string of the molecule is Cc1nc(-c2ccc3c(c2)NCC(F)(F)O3)nc2c1NC(=O)[C@@H](C)N2C. The summed E-state index contributed by atoms with van der Waals surface area (Å²) < 4.78 is 31.3. The van der Waals surface area contributed by atoms with Gasteiger partial charge in [0.1, 0.15) is 24.0 Å². The smallest absolute Gasteiger partial charge is 0.415 e. The van der Waals surface area contributed by atoms with Crippen LogP contribution in [0.3, 0.4) is 0 Å². The van der Waals surface area contributed by atoms with E-state index in [2.05, 4.69) is 25.3 Å². The third-order valence-electron chi connectivity index (χ3n) is 4.60. The number of likely N-dealkylation sites (N-methyl/N-ethyl adjacent to an activating group) is 1. The third kappa shape index (κ3) is 2.59. The minimum absolute atomic E-state index is 0.0812. The van der Waals surface area contributed by atoms with Crippen molar-refractivity contribution in [1.29, 1.82) is 0 Å². The number of aromatic nitrogens is 2. The Morgan fingerprint density at radius 3 is 2.88 bits per heavy atom. The highest BCUT2D eigenvalue weighted by molar-refractivity contribution is 6.03. The van der Waals surface area contributed by atoms with E-state index in [4.69, 9.17) is 0 Å². The van der Waals surface area contributed by atoms with Crippen molar-refractivity contribution in [2.45, 2.75) is 26.0 Å². The van der Waals surface area contributed by atoms with E-state index in [0.717, 1.165) is 0 Å². The van der Waals surface area contributed by atoms with E-state index in [1.54, 1.807) is 37.9 Å². The molecule has 0 unspecified atom stereocenters. The minimum atomic E-state index is -3.23. The molecule has 1 aromatic heterocycles. The number of ether oxygens (including phenoxy) is 1. The summed E-state index contributed by atoms with van der Waals surface area (Å²) in [6.45, 7) is 2.98. The van der Waals surface area contributed by atoms with Crippen LogP contribution < -0.4 is 20.3 Å². The fourth-order valence-electron chi connectivity index (χ4n) is 2.97. The number of hydrogen-bond donors (Lipinski definition) is 2. The first-order chi connectivity index (χ1) is 12.2. The van der Waals surface area contributed by atoms with Crippen molar-refractivity contribution in [3.8, 4) is 17.1 Å². The molecule has 2 aliphatic heterocycles. The van der Waals surface area contributed by atoms with Gasteiger partial charge in [0.2, 0.25) is 5.91 Å². The summed E-state index contributed by atoms with van der Waals surface area (Å²) in [6, 6.07) is 4.42. The van der Waals surface area contributed by atoms with Gasteiger partial charge in [0.05, 0.1) is 11.4 Å². The minimum Gasteiger partial charge on any atom is -0.429 e. The van der Waals surface area contributed by atoms with Crippen molar-refractivity contribution in [3.63, 3.8) is 0 Å². The molecule has 26 heavy (non-hydrogen) atoms. The van der Waals surface area contributed by atoms with E-state index < -0.39 is 12.7 Å². The fourth-order valence-corrected chi connectivity index (χ4v) is 2.97. The molecule has 0 radical (unpaired) electrons. The summed E-state index contributed by atoms with van der Waals surface area (Å²) in [5.74, 6) is 1.03. The number of nitrogens with zero attached hydrogens (tertiary/aromatic N) is 3. The standard InChI is InChI=1S/C17H17F2N5O2/c1-8-13-15(24(3)9(2)16(25)22-13)23-14(21-8)10-4-5-12-11(6-10)20-7-17(18,19)26-12/h4-6,9,20H,7H2,1-3H3,(H,22,25)/t9-/m1/s1. The van der Waals surface area contributed by atoms with Crippen LogP contribution in [0.1, 0.15) is 12.6 Å². The Labute approximate surface area is 148 Å². The maximum absolute atomic E-state index is 13.3. The molecule has 1 atom stereocenters. The second-order valence-electron chi connectivity index (χ2n) is 6.41. The Balaban J connectivity index is 1.76. The lowest BCUT2D eigenvalue weighted by Crippen LogP contribution is -2.44. The number of rotatable bonds is 1. The zero-order valence-corrected chi connectivity index (χ0v) is 14.4.